The molecule has 1 aromatic carbocycles. The first-order chi connectivity index (χ1) is 15.3. The number of phenols is 1. The number of hydrogen-bond acceptors (Lipinski definition) is 5. The average molecular weight is 457 g/mol. The molecular weight excluding hydrogens is 416 g/mol. The average Bonchev–Trinajstić information content (AvgIpc) is 3.14. The highest BCUT2D eigenvalue weighted by molar-refractivity contribution is 5.87. The van der Waals surface area contributed by atoms with Gasteiger partial charge in [-0.25, -0.2) is 0 Å². The van der Waals surface area contributed by atoms with Crippen LogP contribution in [0.2, 0.25) is 0 Å². The van der Waals surface area contributed by atoms with Crippen molar-refractivity contribution in [2.45, 2.75) is 97.4 Å². The van der Waals surface area contributed by atoms with E-state index in [0.717, 1.165) is 36.0 Å². The minimum atomic E-state index is -0.641. The van der Waals surface area contributed by atoms with Crippen LogP contribution < -0.4 is 4.74 Å². The summed E-state index contributed by atoms with van der Waals surface area (Å²) in [6, 6.07) is 3.65. The summed E-state index contributed by atoms with van der Waals surface area (Å²) in [4.78, 5) is 13.8. The third kappa shape index (κ3) is 3.37. The number of ether oxygens (including phenoxy) is 2. The number of ketones is 1. The van der Waals surface area contributed by atoms with Gasteiger partial charge < -0.3 is 19.7 Å². The van der Waals surface area contributed by atoms with Crippen LogP contribution in [-0.4, -0.2) is 40.4 Å². The second-order valence-electron chi connectivity index (χ2n) is 11.7. The van der Waals surface area contributed by atoms with Gasteiger partial charge in [0.1, 0.15) is 17.3 Å². The summed E-state index contributed by atoms with van der Waals surface area (Å²) in [6.45, 7) is 12.2. The Labute approximate surface area is 198 Å². The molecule has 5 heteroatoms. The van der Waals surface area contributed by atoms with Crippen LogP contribution in [0.5, 0.6) is 11.5 Å². The Morgan fingerprint density at radius 3 is 2.55 bits per heavy atom. The Bertz CT molecular complexity index is 994. The smallest absolute Gasteiger partial charge is 0.143 e. The van der Waals surface area contributed by atoms with E-state index in [9.17, 15) is 15.0 Å². The van der Waals surface area contributed by atoms with E-state index in [1.54, 1.807) is 7.11 Å². The van der Waals surface area contributed by atoms with Crippen LogP contribution in [0.4, 0.5) is 0 Å². The van der Waals surface area contributed by atoms with Crippen molar-refractivity contribution in [3.63, 3.8) is 0 Å². The lowest BCUT2D eigenvalue weighted by Crippen LogP contribution is -2.75. The molecule has 0 aromatic heterocycles. The van der Waals surface area contributed by atoms with E-state index in [2.05, 4.69) is 13.8 Å². The zero-order chi connectivity index (χ0) is 24.4. The molecule has 2 saturated carbocycles. The first kappa shape index (κ1) is 24.3. The van der Waals surface area contributed by atoms with E-state index in [-0.39, 0.29) is 28.3 Å². The van der Waals surface area contributed by atoms with Crippen molar-refractivity contribution >= 4 is 5.78 Å². The van der Waals surface area contributed by atoms with Gasteiger partial charge in [-0.2, -0.15) is 0 Å². The molecule has 3 fully saturated rings. The van der Waals surface area contributed by atoms with Gasteiger partial charge in [0.2, 0.25) is 0 Å². The molecule has 4 rings (SSSR count). The first-order valence-corrected chi connectivity index (χ1v) is 12.2. The number of aryl methyl sites for hydroxylation is 1. The van der Waals surface area contributed by atoms with Crippen LogP contribution in [0.3, 0.4) is 0 Å². The Balaban J connectivity index is 1.56. The summed E-state index contributed by atoms with van der Waals surface area (Å²) in [5.74, 6) is 0.993. The van der Waals surface area contributed by atoms with E-state index in [1.165, 1.54) is 0 Å². The number of methoxy groups -OCH3 is 1. The van der Waals surface area contributed by atoms with Crippen LogP contribution >= 0.6 is 0 Å². The third-order valence-corrected chi connectivity index (χ3v) is 9.45. The number of hydrogen-bond donors (Lipinski definition) is 2. The van der Waals surface area contributed by atoms with Crippen molar-refractivity contribution < 1.29 is 24.5 Å². The van der Waals surface area contributed by atoms with Crippen molar-refractivity contribution in [2.24, 2.45) is 16.7 Å². The van der Waals surface area contributed by atoms with E-state index >= 15 is 0 Å². The van der Waals surface area contributed by atoms with Gasteiger partial charge in [-0.3, -0.25) is 4.79 Å². The Morgan fingerprint density at radius 1 is 1.24 bits per heavy atom. The minimum absolute atomic E-state index is 0.0867. The first-order valence-electron chi connectivity index (χ1n) is 12.2. The molecule has 0 amide bonds. The van der Waals surface area contributed by atoms with Crippen LogP contribution in [0.15, 0.2) is 23.8 Å². The van der Waals surface area contributed by atoms with Gasteiger partial charge in [-0.1, -0.05) is 31.9 Å². The normalized spacial score (nSPS) is 37.2. The van der Waals surface area contributed by atoms with Crippen LogP contribution in [0.25, 0.3) is 0 Å². The lowest BCUT2D eigenvalue weighted by atomic mass is 9.36. The molecule has 1 spiro atoms. The van der Waals surface area contributed by atoms with Crippen molar-refractivity contribution in [3.8, 4) is 11.5 Å². The van der Waals surface area contributed by atoms with E-state index in [1.807, 2.05) is 45.9 Å². The summed E-state index contributed by atoms with van der Waals surface area (Å²) in [6.07, 6.45) is 6.06. The fraction of sp³-hybridized carbons (Fsp3) is 0.679. The number of Topliss-reactive ketones (excluding diaryl/α,β-unsaturated/α-hetero) is 1. The van der Waals surface area contributed by atoms with Crippen LogP contribution in [-0.2, 0) is 16.0 Å². The number of aliphatic hydroxyl groups excluding tert-OH is 1. The highest BCUT2D eigenvalue weighted by Crippen LogP contribution is 2.78. The number of benzene rings is 1. The molecule has 0 unspecified atom stereocenters. The van der Waals surface area contributed by atoms with Gasteiger partial charge in [-0.15, -0.1) is 0 Å². The van der Waals surface area contributed by atoms with E-state index in [4.69, 9.17) is 9.47 Å². The lowest BCUT2D eigenvalue weighted by Gasteiger charge is -2.70. The van der Waals surface area contributed by atoms with Gasteiger partial charge in [-0.05, 0) is 70.1 Å². The standard InChI is InChI=1S/C28H40O5/c1-17(9-10-19-15-20(32-7)14-18(2)23(19)31)13-21(29)24-26(5)11-8-12-27(26,6)28(24)16-22(30)25(3,4)33-28/h9,14-15,22,24,30-31H,8,10-13,16H2,1-7H3/b17-9+/t22-,24+,26+,27+,28-/m0/s1. The maximum absolute atomic E-state index is 13.8. The number of carbonyl (C=O) groups excluding carboxylic acids is 1. The molecule has 3 aliphatic rings. The van der Waals surface area contributed by atoms with Crippen LogP contribution in [0, 0.1) is 23.7 Å². The molecule has 1 heterocycles. The highest BCUT2D eigenvalue weighted by Gasteiger charge is 2.82. The fourth-order valence-corrected chi connectivity index (χ4v) is 7.35. The molecular formula is C28H40O5. The zero-order valence-electron chi connectivity index (χ0n) is 21.2. The maximum Gasteiger partial charge on any atom is 0.143 e. The largest absolute Gasteiger partial charge is 0.507 e. The maximum atomic E-state index is 13.8. The number of fused-ring (bicyclic) bond motifs is 2. The summed E-state index contributed by atoms with van der Waals surface area (Å²) < 4.78 is 12.0. The molecule has 0 bridgehead atoms. The number of aliphatic hydroxyl groups is 1. The topological polar surface area (TPSA) is 76.0 Å². The van der Waals surface area contributed by atoms with Gasteiger partial charge in [0, 0.05) is 23.8 Å². The van der Waals surface area contributed by atoms with Gasteiger partial charge in [0.05, 0.1) is 30.3 Å². The zero-order valence-corrected chi connectivity index (χ0v) is 21.2. The monoisotopic (exact) mass is 456 g/mol. The number of phenolic OH excluding ortho intramolecular Hbond substituents is 1. The van der Waals surface area contributed by atoms with Gasteiger partial charge in [0.25, 0.3) is 0 Å². The molecule has 182 valence electrons. The second kappa shape index (κ2) is 7.84. The van der Waals surface area contributed by atoms with Gasteiger partial charge in [0.15, 0.2) is 0 Å². The Hall–Kier alpha value is -1.85. The molecule has 5 nitrogen and oxygen atoms in total. The summed E-state index contributed by atoms with van der Waals surface area (Å²) >= 11 is 0. The Kier molecular flexibility index (Phi) is 5.77. The van der Waals surface area contributed by atoms with Crippen molar-refractivity contribution in [1.29, 1.82) is 0 Å². The van der Waals surface area contributed by atoms with E-state index in [0.29, 0.717) is 25.0 Å². The van der Waals surface area contributed by atoms with Gasteiger partial charge >= 0.3 is 0 Å². The minimum Gasteiger partial charge on any atom is -0.507 e. The molecule has 0 radical (unpaired) electrons. The molecule has 1 saturated heterocycles. The number of allylic oxidation sites excluding steroid dienone is 2. The molecule has 33 heavy (non-hydrogen) atoms. The second-order valence-corrected chi connectivity index (χ2v) is 11.7. The van der Waals surface area contributed by atoms with Crippen molar-refractivity contribution in [2.75, 3.05) is 7.11 Å². The third-order valence-electron chi connectivity index (χ3n) is 9.45. The molecule has 5 atom stereocenters. The number of rotatable bonds is 6. The molecule has 1 aromatic rings. The quantitative estimate of drug-likeness (QED) is 0.570. The SMILES string of the molecule is COc1cc(C)c(O)c(C/C=C(\C)CC(=O)[C@H]2[C@@]3(C[C@H](O)C(C)(C)O3)[C@]3(C)CCC[C@]23C)c1. The van der Waals surface area contributed by atoms with Crippen molar-refractivity contribution in [3.05, 3.63) is 34.9 Å². The predicted molar refractivity (Wildman–Crippen MR) is 129 cm³/mol. The summed E-state index contributed by atoms with van der Waals surface area (Å²) in [5, 5.41) is 21.2. The lowest BCUT2D eigenvalue weighted by molar-refractivity contribution is -0.304. The fourth-order valence-electron chi connectivity index (χ4n) is 7.35. The van der Waals surface area contributed by atoms with Crippen molar-refractivity contribution in [1.82, 2.24) is 0 Å². The summed E-state index contributed by atoms with van der Waals surface area (Å²) in [7, 11) is 1.62. The molecule has 1 aliphatic heterocycles. The predicted octanol–water partition coefficient (Wildman–Crippen LogP) is 5.28. The van der Waals surface area contributed by atoms with E-state index < -0.39 is 17.3 Å². The molecule has 2 N–H and O–H groups in total. The van der Waals surface area contributed by atoms with Crippen LogP contribution in [0.1, 0.15) is 77.8 Å². The molecule has 2 aliphatic carbocycles. The number of aromatic hydroxyl groups is 1. The summed E-state index contributed by atoms with van der Waals surface area (Å²) in [5.41, 5.74) is 1.15. The number of carbonyl (C=O) groups is 1. The highest BCUT2D eigenvalue weighted by atomic mass is 16.6. The Morgan fingerprint density at radius 2 is 1.94 bits per heavy atom.